The van der Waals surface area contributed by atoms with Gasteiger partial charge in [0.2, 0.25) is 11.8 Å². The molecule has 6 nitrogen and oxygen atoms in total. The molecule has 0 aliphatic heterocycles. The summed E-state index contributed by atoms with van der Waals surface area (Å²) < 4.78 is 4.72. The van der Waals surface area contributed by atoms with Crippen molar-refractivity contribution < 1.29 is 14.1 Å². The highest BCUT2D eigenvalue weighted by Gasteiger charge is 2.17. The van der Waals surface area contributed by atoms with Crippen LogP contribution in [0.2, 0.25) is 0 Å². The van der Waals surface area contributed by atoms with Gasteiger partial charge in [-0.3, -0.25) is 9.59 Å². The fourth-order valence-corrected chi connectivity index (χ4v) is 3.44. The summed E-state index contributed by atoms with van der Waals surface area (Å²) in [5.74, 6) is 0.698. The maximum atomic E-state index is 12.7. The molecule has 0 aromatic carbocycles. The number of aromatic nitrogens is 1. The SMILES string of the molecule is CCCCCCCCCCCCCC(=O)N(CCC(C)C)CC(=O)Nc1ccon1. The van der Waals surface area contributed by atoms with Crippen molar-refractivity contribution in [2.75, 3.05) is 18.4 Å². The van der Waals surface area contributed by atoms with Crippen LogP contribution in [0.25, 0.3) is 0 Å². The summed E-state index contributed by atoms with van der Waals surface area (Å²) in [5.41, 5.74) is 0. The Hall–Kier alpha value is -1.85. The number of hydrogen-bond donors (Lipinski definition) is 1. The minimum absolute atomic E-state index is 0.0659. The van der Waals surface area contributed by atoms with E-state index in [2.05, 4.69) is 31.2 Å². The summed E-state index contributed by atoms with van der Waals surface area (Å²) in [6, 6.07) is 1.59. The summed E-state index contributed by atoms with van der Waals surface area (Å²) in [7, 11) is 0. The van der Waals surface area contributed by atoms with E-state index in [1.165, 1.54) is 64.1 Å². The molecule has 0 aliphatic carbocycles. The molecule has 0 atom stereocenters. The molecule has 0 radical (unpaired) electrons. The molecule has 1 heterocycles. The number of rotatable bonds is 18. The summed E-state index contributed by atoms with van der Waals surface area (Å²) in [5, 5.41) is 6.35. The minimum atomic E-state index is -0.236. The van der Waals surface area contributed by atoms with Crippen LogP contribution in [0.4, 0.5) is 5.82 Å². The van der Waals surface area contributed by atoms with Gasteiger partial charge in [0.05, 0.1) is 6.54 Å². The average Bonchev–Trinajstić information content (AvgIpc) is 3.21. The number of amides is 2. The lowest BCUT2D eigenvalue weighted by Crippen LogP contribution is -2.39. The number of nitrogens with zero attached hydrogens (tertiary/aromatic N) is 2. The van der Waals surface area contributed by atoms with Crippen LogP contribution < -0.4 is 5.32 Å². The Kier molecular flexibility index (Phi) is 14.7. The van der Waals surface area contributed by atoms with Crippen LogP contribution in [0, 0.1) is 5.92 Å². The highest BCUT2D eigenvalue weighted by atomic mass is 16.5. The first kappa shape index (κ1) is 26.2. The van der Waals surface area contributed by atoms with Gasteiger partial charge in [-0.15, -0.1) is 0 Å². The summed E-state index contributed by atoms with van der Waals surface area (Å²) in [4.78, 5) is 26.6. The van der Waals surface area contributed by atoms with E-state index in [4.69, 9.17) is 4.52 Å². The fourth-order valence-electron chi connectivity index (χ4n) is 3.44. The molecule has 0 saturated carbocycles. The second-order valence-electron chi connectivity index (χ2n) is 8.72. The van der Waals surface area contributed by atoms with E-state index in [9.17, 15) is 9.59 Å². The van der Waals surface area contributed by atoms with E-state index in [1.54, 1.807) is 11.0 Å². The van der Waals surface area contributed by atoms with Crippen LogP contribution in [0.5, 0.6) is 0 Å². The summed E-state index contributed by atoms with van der Waals surface area (Å²) in [6.45, 7) is 7.18. The van der Waals surface area contributed by atoms with Crippen molar-refractivity contribution in [1.29, 1.82) is 0 Å². The zero-order chi connectivity index (χ0) is 22.0. The monoisotopic (exact) mass is 421 g/mol. The average molecular weight is 422 g/mol. The molecular weight excluding hydrogens is 378 g/mol. The Balaban J connectivity index is 2.21. The third-order valence-corrected chi connectivity index (χ3v) is 5.36. The maximum Gasteiger partial charge on any atom is 0.245 e. The van der Waals surface area contributed by atoms with Gasteiger partial charge in [-0.25, -0.2) is 0 Å². The molecule has 2 amide bonds. The first-order valence-electron chi connectivity index (χ1n) is 12.0. The van der Waals surface area contributed by atoms with Crippen LogP contribution in [0.1, 0.15) is 104 Å². The van der Waals surface area contributed by atoms with Gasteiger partial charge in [-0.1, -0.05) is 90.1 Å². The highest BCUT2D eigenvalue weighted by Crippen LogP contribution is 2.13. The van der Waals surface area contributed by atoms with Crippen molar-refractivity contribution in [2.24, 2.45) is 5.92 Å². The van der Waals surface area contributed by atoms with Crippen LogP contribution in [0.3, 0.4) is 0 Å². The molecule has 30 heavy (non-hydrogen) atoms. The van der Waals surface area contributed by atoms with Gasteiger partial charge in [0.1, 0.15) is 6.26 Å². The van der Waals surface area contributed by atoms with E-state index in [0.717, 1.165) is 19.3 Å². The van der Waals surface area contributed by atoms with Crippen molar-refractivity contribution >= 4 is 17.6 Å². The molecule has 0 spiro atoms. The van der Waals surface area contributed by atoms with Crippen LogP contribution >= 0.6 is 0 Å². The number of unbranched alkanes of at least 4 members (excludes halogenated alkanes) is 10. The van der Waals surface area contributed by atoms with Crippen LogP contribution in [-0.4, -0.2) is 35.0 Å². The fraction of sp³-hybridized carbons (Fsp3) is 0.792. The Labute approximate surface area is 183 Å². The van der Waals surface area contributed by atoms with Crippen LogP contribution in [-0.2, 0) is 9.59 Å². The number of hydrogen-bond acceptors (Lipinski definition) is 4. The maximum absolute atomic E-state index is 12.7. The standard InChI is InChI=1S/C24H43N3O3/c1-4-5-6-7-8-9-10-11-12-13-14-15-24(29)27(18-16-21(2)3)20-23(28)25-22-17-19-30-26-22/h17,19,21H,4-16,18,20H2,1-3H3,(H,25,26,28). The molecular formula is C24H43N3O3. The Morgan fingerprint density at radius 2 is 1.60 bits per heavy atom. The molecule has 0 aliphatic rings. The van der Waals surface area contributed by atoms with Gasteiger partial charge in [-0.2, -0.15) is 0 Å². The Morgan fingerprint density at radius 3 is 2.13 bits per heavy atom. The largest absolute Gasteiger partial charge is 0.363 e. The summed E-state index contributed by atoms with van der Waals surface area (Å²) >= 11 is 0. The minimum Gasteiger partial charge on any atom is -0.363 e. The predicted octanol–water partition coefficient (Wildman–Crippen LogP) is 6.19. The zero-order valence-corrected chi connectivity index (χ0v) is 19.5. The lowest BCUT2D eigenvalue weighted by atomic mass is 10.0. The van der Waals surface area contributed by atoms with Crippen molar-refractivity contribution in [1.82, 2.24) is 10.1 Å². The van der Waals surface area contributed by atoms with Gasteiger partial charge in [0.25, 0.3) is 0 Å². The second kappa shape index (κ2) is 16.9. The third-order valence-electron chi connectivity index (χ3n) is 5.36. The van der Waals surface area contributed by atoms with Gasteiger partial charge in [-0.05, 0) is 18.8 Å². The van der Waals surface area contributed by atoms with Crippen molar-refractivity contribution in [3.8, 4) is 0 Å². The van der Waals surface area contributed by atoms with E-state index in [-0.39, 0.29) is 18.4 Å². The van der Waals surface area contributed by atoms with Crippen molar-refractivity contribution in [2.45, 2.75) is 104 Å². The number of carbonyl (C=O) groups excluding carboxylic acids is 2. The molecule has 0 saturated heterocycles. The van der Waals surface area contributed by atoms with Crippen molar-refractivity contribution in [3.63, 3.8) is 0 Å². The van der Waals surface area contributed by atoms with E-state index in [0.29, 0.717) is 24.7 Å². The van der Waals surface area contributed by atoms with E-state index < -0.39 is 0 Å². The van der Waals surface area contributed by atoms with Gasteiger partial charge >= 0.3 is 0 Å². The summed E-state index contributed by atoms with van der Waals surface area (Å²) in [6.07, 6.45) is 16.7. The molecule has 1 rings (SSSR count). The number of nitrogens with one attached hydrogen (secondary N) is 1. The molecule has 0 fully saturated rings. The normalized spacial score (nSPS) is 11.1. The van der Waals surface area contributed by atoms with Gasteiger partial charge in [0.15, 0.2) is 5.82 Å². The number of anilines is 1. The first-order valence-corrected chi connectivity index (χ1v) is 12.0. The first-order chi connectivity index (χ1) is 14.5. The van der Waals surface area contributed by atoms with Gasteiger partial charge in [0, 0.05) is 19.0 Å². The third kappa shape index (κ3) is 13.4. The molecule has 1 aromatic rings. The van der Waals surface area contributed by atoms with Gasteiger partial charge < -0.3 is 14.7 Å². The lowest BCUT2D eigenvalue weighted by molar-refractivity contribution is -0.135. The molecule has 1 N–H and O–H groups in total. The molecule has 172 valence electrons. The highest BCUT2D eigenvalue weighted by molar-refractivity contribution is 5.93. The van der Waals surface area contributed by atoms with Crippen LogP contribution in [0.15, 0.2) is 16.9 Å². The van der Waals surface area contributed by atoms with E-state index >= 15 is 0 Å². The quantitative estimate of drug-likeness (QED) is 0.287. The Morgan fingerprint density at radius 1 is 1.00 bits per heavy atom. The Bertz CT molecular complexity index is 558. The molecule has 0 bridgehead atoms. The van der Waals surface area contributed by atoms with E-state index in [1.807, 2.05) is 0 Å². The molecule has 1 aromatic heterocycles. The van der Waals surface area contributed by atoms with Crippen molar-refractivity contribution in [3.05, 3.63) is 12.3 Å². The number of carbonyl (C=O) groups is 2. The smallest absolute Gasteiger partial charge is 0.245 e. The second-order valence-corrected chi connectivity index (χ2v) is 8.72. The topological polar surface area (TPSA) is 75.4 Å². The zero-order valence-electron chi connectivity index (χ0n) is 19.5. The molecule has 6 heteroatoms. The lowest BCUT2D eigenvalue weighted by Gasteiger charge is -2.23. The predicted molar refractivity (Wildman–Crippen MR) is 122 cm³/mol. The molecule has 0 unspecified atom stereocenters.